The second-order valence-electron chi connectivity index (χ2n) is 5.12. The van der Waals surface area contributed by atoms with E-state index in [2.05, 4.69) is 35.6 Å². The average Bonchev–Trinajstić information content (AvgIpc) is 2.55. The predicted octanol–water partition coefficient (Wildman–Crippen LogP) is 2.55. The molecule has 1 aromatic heterocycles. The first-order chi connectivity index (χ1) is 8.02. The van der Waals surface area contributed by atoms with Crippen molar-refractivity contribution in [1.29, 1.82) is 0 Å². The molecule has 0 aliphatic carbocycles. The van der Waals surface area contributed by atoms with Crippen molar-refractivity contribution in [3.8, 4) is 0 Å². The predicted molar refractivity (Wildman–Crippen MR) is 68.1 cm³/mol. The van der Waals surface area contributed by atoms with E-state index < -0.39 is 0 Å². The Hall–Kier alpha value is -1.32. The average molecular weight is 235 g/mol. The fourth-order valence-corrected chi connectivity index (χ4v) is 2.78. The van der Waals surface area contributed by atoms with Crippen molar-refractivity contribution in [1.82, 2.24) is 9.55 Å². The van der Waals surface area contributed by atoms with Gasteiger partial charge in [0, 0.05) is 19.4 Å². The summed E-state index contributed by atoms with van der Waals surface area (Å²) in [6, 6.07) is 0.420. The Morgan fingerprint density at radius 3 is 2.82 bits per heavy atom. The highest BCUT2D eigenvalue weighted by atomic mass is 16.1. The molecular formula is C13H21N3O. The molecule has 2 unspecified atom stereocenters. The molecule has 0 aromatic carbocycles. The summed E-state index contributed by atoms with van der Waals surface area (Å²) in [5.74, 6) is 2.69. The number of rotatable bonds is 2. The van der Waals surface area contributed by atoms with E-state index in [1.807, 2.05) is 0 Å². The quantitative estimate of drug-likeness (QED) is 0.856. The number of fused-ring (bicyclic) bond motifs is 1. The van der Waals surface area contributed by atoms with Gasteiger partial charge in [-0.15, -0.1) is 0 Å². The standard InChI is InChI=1S/C13H21N3O/c1-5-11-13(14-10(4)17)16-9(3)6-8(2)7-12(16)15-11/h8-9H,5-7H2,1-4H3,(H,14,17). The summed E-state index contributed by atoms with van der Waals surface area (Å²) in [6.45, 7) is 8.09. The third-order valence-corrected chi connectivity index (χ3v) is 3.40. The van der Waals surface area contributed by atoms with Crippen molar-refractivity contribution < 1.29 is 4.79 Å². The summed E-state index contributed by atoms with van der Waals surface area (Å²) >= 11 is 0. The van der Waals surface area contributed by atoms with Gasteiger partial charge >= 0.3 is 0 Å². The Bertz CT molecular complexity index is 436. The van der Waals surface area contributed by atoms with Crippen LogP contribution in [0.4, 0.5) is 5.82 Å². The number of carbonyl (C=O) groups excluding carboxylic acids is 1. The Morgan fingerprint density at radius 1 is 1.53 bits per heavy atom. The third-order valence-electron chi connectivity index (χ3n) is 3.40. The number of amides is 1. The van der Waals surface area contributed by atoms with Crippen LogP contribution >= 0.6 is 0 Å². The van der Waals surface area contributed by atoms with Gasteiger partial charge in [-0.3, -0.25) is 4.79 Å². The summed E-state index contributed by atoms with van der Waals surface area (Å²) in [6.07, 6.45) is 3.02. The number of nitrogens with one attached hydrogen (secondary N) is 1. The maximum atomic E-state index is 11.3. The van der Waals surface area contributed by atoms with E-state index in [-0.39, 0.29) is 5.91 Å². The van der Waals surface area contributed by atoms with Crippen LogP contribution in [0.1, 0.15) is 51.7 Å². The van der Waals surface area contributed by atoms with Crippen molar-refractivity contribution >= 4 is 11.7 Å². The molecule has 1 aliphatic heterocycles. The molecular weight excluding hydrogens is 214 g/mol. The van der Waals surface area contributed by atoms with Crippen LogP contribution in [0.5, 0.6) is 0 Å². The molecule has 94 valence electrons. The number of hydrogen-bond acceptors (Lipinski definition) is 2. The van der Waals surface area contributed by atoms with Gasteiger partial charge < -0.3 is 9.88 Å². The fourth-order valence-electron chi connectivity index (χ4n) is 2.78. The number of hydrogen-bond donors (Lipinski definition) is 1. The van der Waals surface area contributed by atoms with Crippen LogP contribution < -0.4 is 5.32 Å². The summed E-state index contributed by atoms with van der Waals surface area (Å²) in [5.41, 5.74) is 1.01. The molecule has 2 atom stereocenters. The number of aryl methyl sites for hydroxylation is 1. The van der Waals surface area contributed by atoms with E-state index >= 15 is 0 Å². The Labute approximate surface area is 102 Å². The molecule has 1 amide bonds. The van der Waals surface area contributed by atoms with Crippen LogP contribution in [0.2, 0.25) is 0 Å². The monoisotopic (exact) mass is 235 g/mol. The molecule has 4 nitrogen and oxygen atoms in total. The molecule has 17 heavy (non-hydrogen) atoms. The molecule has 0 bridgehead atoms. The van der Waals surface area contributed by atoms with Crippen molar-refractivity contribution in [2.45, 2.75) is 53.0 Å². The number of nitrogens with zero attached hydrogens (tertiary/aromatic N) is 2. The van der Waals surface area contributed by atoms with Gasteiger partial charge in [0.05, 0.1) is 5.69 Å². The van der Waals surface area contributed by atoms with Gasteiger partial charge in [-0.25, -0.2) is 4.98 Å². The van der Waals surface area contributed by atoms with E-state index in [9.17, 15) is 4.79 Å². The zero-order valence-corrected chi connectivity index (χ0v) is 11.1. The van der Waals surface area contributed by atoms with E-state index in [0.29, 0.717) is 12.0 Å². The summed E-state index contributed by atoms with van der Waals surface area (Å²) < 4.78 is 2.21. The lowest BCUT2D eigenvalue weighted by molar-refractivity contribution is -0.114. The minimum absolute atomic E-state index is 0.0202. The lowest BCUT2D eigenvalue weighted by atomic mass is 9.95. The van der Waals surface area contributed by atoms with Gasteiger partial charge in [-0.2, -0.15) is 0 Å². The SMILES string of the molecule is CCc1nc2n(c1NC(C)=O)C(C)CC(C)C2. The van der Waals surface area contributed by atoms with Crippen molar-refractivity contribution in [2.75, 3.05) is 5.32 Å². The first kappa shape index (κ1) is 12.1. The Morgan fingerprint density at radius 2 is 2.24 bits per heavy atom. The second-order valence-corrected chi connectivity index (χ2v) is 5.12. The molecule has 4 heteroatoms. The van der Waals surface area contributed by atoms with E-state index in [1.54, 1.807) is 6.92 Å². The normalized spacial score (nSPS) is 23.3. The maximum Gasteiger partial charge on any atom is 0.222 e. The maximum absolute atomic E-state index is 11.3. The molecule has 2 heterocycles. The molecule has 0 saturated heterocycles. The van der Waals surface area contributed by atoms with Crippen LogP contribution in [0.25, 0.3) is 0 Å². The minimum atomic E-state index is -0.0202. The van der Waals surface area contributed by atoms with Gasteiger partial charge in [-0.1, -0.05) is 13.8 Å². The number of aromatic nitrogens is 2. The third kappa shape index (κ3) is 2.21. The molecule has 1 aliphatic rings. The van der Waals surface area contributed by atoms with E-state index in [0.717, 1.165) is 36.6 Å². The fraction of sp³-hybridized carbons (Fsp3) is 0.692. The molecule has 0 saturated carbocycles. The van der Waals surface area contributed by atoms with Crippen LogP contribution in [-0.2, 0) is 17.6 Å². The summed E-state index contributed by atoms with van der Waals surface area (Å²) in [4.78, 5) is 16.0. The number of carbonyl (C=O) groups is 1. The van der Waals surface area contributed by atoms with Crippen LogP contribution in [0, 0.1) is 5.92 Å². The minimum Gasteiger partial charge on any atom is -0.312 e. The topological polar surface area (TPSA) is 46.9 Å². The Kier molecular flexibility index (Phi) is 3.22. The number of imidazole rings is 1. The lowest BCUT2D eigenvalue weighted by Gasteiger charge is -2.28. The van der Waals surface area contributed by atoms with Crippen molar-refractivity contribution in [3.05, 3.63) is 11.5 Å². The van der Waals surface area contributed by atoms with Gasteiger partial charge in [0.15, 0.2) is 0 Å². The highest BCUT2D eigenvalue weighted by molar-refractivity contribution is 5.88. The van der Waals surface area contributed by atoms with Crippen LogP contribution in [-0.4, -0.2) is 15.5 Å². The highest BCUT2D eigenvalue weighted by Crippen LogP contribution is 2.33. The molecule has 0 fully saturated rings. The Balaban J connectivity index is 2.46. The van der Waals surface area contributed by atoms with E-state index in [1.165, 1.54) is 0 Å². The zero-order chi connectivity index (χ0) is 12.6. The lowest BCUT2D eigenvalue weighted by Crippen LogP contribution is -2.23. The highest BCUT2D eigenvalue weighted by Gasteiger charge is 2.27. The summed E-state index contributed by atoms with van der Waals surface area (Å²) in [5, 5.41) is 2.94. The van der Waals surface area contributed by atoms with Crippen LogP contribution in [0.15, 0.2) is 0 Å². The van der Waals surface area contributed by atoms with Gasteiger partial charge in [-0.05, 0) is 25.7 Å². The van der Waals surface area contributed by atoms with E-state index in [4.69, 9.17) is 0 Å². The number of anilines is 1. The zero-order valence-electron chi connectivity index (χ0n) is 11.1. The molecule has 0 spiro atoms. The first-order valence-corrected chi connectivity index (χ1v) is 6.40. The van der Waals surface area contributed by atoms with Crippen molar-refractivity contribution in [3.63, 3.8) is 0 Å². The molecule has 1 aromatic rings. The molecule has 1 N–H and O–H groups in total. The first-order valence-electron chi connectivity index (χ1n) is 6.40. The second kappa shape index (κ2) is 4.51. The smallest absolute Gasteiger partial charge is 0.222 e. The van der Waals surface area contributed by atoms with Gasteiger partial charge in [0.1, 0.15) is 11.6 Å². The molecule has 0 radical (unpaired) electrons. The summed E-state index contributed by atoms with van der Waals surface area (Å²) in [7, 11) is 0. The molecule has 2 rings (SSSR count). The largest absolute Gasteiger partial charge is 0.312 e. The van der Waals surface area contributed by atoms with Gasteiger partial charge in [0.25, 0.3) is 0 Å². The van der Waals surface area contributed by atoms with Gasteiger partial charge in [0.2, 0.25) is 5.91 Å². The van der Waals surface area contributed by atoms with Crippen LogP contribution in [0.3, 0.4) is 0 Å². The van der Waals surface area contributed by atoms with Crippen molar-refractivity contribution in [2.24, 2.45) is 5.92 Å².